The average Bonchev–Trinajstić information content (AvgIpc) is 2.94. The van der Waals surface area contributed by atoms with Gasteiger partial charge in [-0.05, 0) is 92.3 Å². The van der Waals surface area contributed by atoms with Gasteiger partial charge in [0.2, 0.25) is 0 Å². The second kappa shape index (κ2) is 12.5. The second-order valence-electron chi connectivity index (χ2n) is 11.0. The Morgan fingerprint density at radius 3 is 2.73 bits per heavy atom. The molecule has 2 bridgehead atoms. The van der Waals surface area contributed by atoms with Crippen molar-refractivity contribution in [3.63, 3.8) is 0 Å². The fourth-order valence-corrected chi connectivity index (χ4v) is 7.11. The van der Waals surface area contributed by atoms with Gasteiger partial charge in [0, 0.05) is 31.8 Å². The van der Waals surface area contributed by atoms with Gasteiger partial charge in [0.15, 0.2) is 0 Å². The van der Waals surface area contributed by atoms with Gasteiger partial charge >= 0.3 is 0 Å². The lowest BCUT2D eigenvalue weighted by molar-refractivity contribution is -0.120. The molecular formula is C30H38ClN3O5S. The molecule has 10 heteroatoms. The van der Waals surface area contributed by atoms with E-state index in [1.165, 1.54) is 11.6 Å². The van der Waals surface area contributed by atoms with E-state index in [1.807, 2.05) is 24.3 Å². The summed E-state index contributed by atoms with van der Waals surface area (Å²) in [6.45, 7) is 3.94. The maximum Gasteiger partial charge on any atom is 0.264 e. The van der Waals surface area contributed by atoms with Gasteiger partial charge in [-0.25, -0.2) is 13.1 Å². The summed E-state index contributed by atoms with van der Waals surface area (Å²) in [5.74, 6) is 0.755. The van der Waals surface area contributed by atoms with Crippen LogP contribution in [0.4, 0.5) is 5.69 Å². The monoisotopic (exact) mass is 587 g/mol. The number of benzene rings is 2. The van der Waals surface area contributed by atoms with Crippen LogP contribution in [-0.4, -0.2) is 53.2 Å². The quantitative estimate of drug-likeness (QED) is 0.476. The standard InChI is InChI=1S/C30H38ClN3O5S/c1-20-30(35)33-40(36,37)25-11-13-29-27(17-25)34(18-22-9-12-26(22)28(38-2)7-5-14-32-20)15-4-3-6-21-16-24(31)10-8-23(21)19-39-29/h5,7-8,10-11,13,16-17,20,22,26,28,32H,3-4,6,9,12,14-15,18-19H2,1-2H3,(H,33,35)/b7-5+/t20-,22+,26-,28-/m1/s1. The van der Waals surface area contributed by atoms with Crippen molar-refractivity contribution in [2.45, 2.75) is 62.7 Å². The lowest BCUT2D eigenvalue weighted by Gasteiger charge is -2.43. The van der Waals surface area contributed by atoms with Crippen LogP contribution in [0.25, 0.3) is 0 Å². The molecule has 40 heavy (non-hydrogen) atoms. The number of ether oxygens (including phenoxy) is 2. The number of hydrogen-bond acceptors (Lipinski definition) is 7. The highest BCUT2D eigenvalue weighted by Gasteiger charge is 2.38. The van der Waals surface area contributed by atoms with Crippen LogP contribution in [0.3, 0.4) is 0 Å². The molecule has 0 unspecified atom stereocenters. The number of hydrogen-bond donors (Lipinski definition) is 2. The summed E-state index contributed by atoms with van der Waals surface area (Å²) in [4.78, 5) is 15.1. The number of methoxy groups -OCH3 is 1. The highest BCUT2D eigenvalue weighted by atomic mass is 35.5. The summed E-state index contributed by atoms with van der Waals surface area (Å²) in [6.07, 6.45) is 8.93. The predicted octanol–water partition coefficient (Wildman–Crippen LogP) is 4.46. The van der Waals surface area contributed by atoms with E-state index in [2.05, 4.69) is 21.0 Å². The average molecular weight is 588 g/mol. The van der Waals surface area contributed by atoms with E-state index in [1.54, 1.807) is 26.2 Å². The minimum atomic E-state index is -4.09. The summed E-state index contributed by atoms with van der Waals surface area (Å²) >= 11 is 6.30. The molecule has 5 rings (SSSR count). The molecule has 3 aliphatic rings. The maximum absolute atomic E-state index is 13.3. The Labute approximate surface area is 242 Å². The van der Waals surface area contributed by atoms with Crippen LogP contribution >= 0.6 is 11.6 Å². The van der Waals surface area contributed by atoms with Crippen LogP contribution in [-0.2, 0) is 32.6 Å². The van der Waals surface area contributed by atoms with Gasteiger partial charge in [0.05, 0.1) is 22.7 Å². The molecule has 0 spiro atoms. The Morgan fingerprint density at radius 2 is 1.95 bits per heavy atom. The molecule has 1 amide bonds. The van der Waals surface area contributed by atoms with Crippen molar-refractivity contribution in [3.8, 4) is 5.75 Å². The lowest BCUT2D eigenvalue weighted by atomic mass is 9.70. The number of nitrogens with zero attached hydrogens (tertiary/aromatic N) is 1. The minimum Gasteiger partial charge on any atom is -0.487 e. The number of anilines is 1. The van der Waals surface area contributed by atoms with Gasteiger partial charge in [0.1, 0.15) is 12.4 Å². The molecule has 0 saturated heterocycles. The summed E-state index contributed by atoms with van der Waals surface area (Å²) in [6, 6.07) is 10.0. The number of aryl methyl sites for hydroxylation is 1. The summed E-state index contributed by atoms with van der Waals surface area (Å²) in [5.41, 5.74) is 2.96. The zero-order valence-electron chi connectivity index (χ0n) is 23.1. The van der Waals surface area contributed by atoms with E-state index in [-0.39, 0.29) is 11.0 Å². The second-order valence-corrected chi connectivity index (χ2v) is 13.1. The SMILES string of the molecule is CO[C@@H]1/C=C/CN[C@H](C)C(=O)NS(=O)(=O)c2ccc3c(c2)N(CCCCc2cc(Cl)ccc2CO3)C[C@@H]2CC[C@H]21. The maximum atomic E-state index is 13.3. The van der Waals surface area contributed by atoms with E-state index in [0.29, 0.717) is 35.8 Å². The number of amides is 1. The molecule has 8 nitrogen and oxygen atoms in total. The molecule has 1 saturated carbocycles. The van der Waals surface area contributed by atoms with Gasteiger partial charge in [-0.3, -0.25) is 4.79 Å². The van der Waals surface area contributed by atoms with Crippen molar-refractivity contribution >= 4 is 33.2 Å². The van der Waals surface area contributed by atoms with Crippen molar-refractivity contribution in [2.24, 2.45) is 11.8 Å². The first-order valence-corrected chi connectivity index (χ1v) is 15.9. The predicted molar refractivity (Wildman–Crippen MR) is 156 cm³/mol. The third-order valence-electron chi connectivity index (χ3n) is 8.38. The fourth-order valence-electron chi connectivity index (χ4n) is 5.84. The normalized spacial score (nSPS) is 28.0. The molecular weight excluding hydrogens is 550 g/mol. The van der Waals surface area contributed by atoms with Crippen molar-refractivity contribution in [2.75, 3.05) is 31.6 Å². The molecule has 2 N–H and O–H groups in total. The zero-order chi connectivity index (χ0) is 28.3. The Morgan fingerprint density at radius 1 is 1.10 bits per heavy atom. The molecule has 2 heterocycles. The minimum absolute atomic E-state index is 0.0248. The number of carbonyl (C=O) groups is 1. The number of rotatable bonds is 1. The van der Waals surface area contributed by atoms with Crippen molar-refractivity contribution < 1.29 is 22.7 Å². The Bertz CT molecular complexity index is 1370. The smallest absolute Gasteiger partial charge is 0.264 e. The molecule has 216 valence electrons. The summed E-state index contributed by atoms with van der Waals surface area (Å²) in [7, 11) is -2.35. The van der Waals surface area contributed by atoms with Crippen LogP contribution in [0.5, 0.6) is 5.75 Å². The van der Waals surface area contributed by atoms with E-state index >= 15 is 0 Å². The largest absolute Gasteiger partial charge is 0.487 e. The van der Waals surface area contributed by atoms with Gasteiger partial charge < -0.3 is 19.7 Å². The molecule has 1 aliphatic carbocycles. The Hall–Kier alpha value is -2.59. The third-order valence-corrected chi connectivity index (χ3v) is 9.96. The van der Waals surface area contributed by atoms with Crippen molar-refractivity contribution in [3.05, 3.63) is 64.7 Å². The number of sulfonamides is 1. The molecule has 1 fully saturated rings. The molecule has 2 aromatic carbocycles. The van der Waals surface area contributed by atoms with Gasteiger partial charge in [-0.1, -0.05) is 29.8 Å². The number of carbonyl (C=O) groups excluding carboxylic acids is 1. The molecule has 4 atom stereocenters. The van der Waals surface area contributed by atoms with Crippen LogP contribution in [0.2, 0.25) is 5.02 Å². The first-order chi connectivity index (χ1) is 19.2. The highest BCUT2D eigenvalue weighted by molar-refractivity contribution is 7.90. The van der Waals surface area contributed by atoms with Crippen molar-refractivity contribution in [1.29, 1.82) is 0 Å². The first kappa shape index (κ1) is 28.9. The molecule has 0 aromatic heterocycles. The van der Waals surface area contributed by atoms with E-state index in [0.717, 1.165) is 56.4 Å². The summed E-state index contributed by atoms with van der Waals surface area (Å²) < 4.78 is 41.1. The van der Waals surface area contributed by atoms with Gasteiger partial charge in [-0.2, -0.15) is 0 Å². The zero-order valence-corrected chi connectivity index (χ0v) is 24.6. The van der Waals surface area contributed by atoms with Crippen LogP contribution in [0.15, 0.2) is 53.4 Å². The fraction of sp³-hybridized carbons (Fsp3) is 0.500. The van der Waals surface area contributed by atoms with Gasteiger partial charge in [-0.15, -0.1) is 0 Å². The van der Waals surface area contributed by atoms with E-state index in [9.17, 15) is 13.2 Å². The number of fused-ring (bicyclic) bond motifs is 3. The van der Waals surface area contributed by atoms with Crippen LogP contribution in [0, 0.1) is 11.8 Å². The number of halogens is 1. The third kappa shape index (κ3) is 6.48. The van der Waals surface area contributed by atoms with Crippen LogP contribution < -0.4 is 19.7 Å². The van der Waals surface area contributed by atoms with E-state index < -0.39 is 22.0 Å². The van der Waals surface area contributed by atoms with Crippen LogP contribution in [0.1, 0.15) is 43.7 Å². The highest BCUT2D eigenvalue weighted by Crippen LogP contribution is 2.41. The topological polar surface area (TPSA) is 97.0 Å². The lowest BCUT2D eigenvalue weighted by Crippen LogP contribution is -2.45. The first-order valence-electron chi connectivity index (χ1n) is 14.0. The van der Waals surface area contributed by atoms with E-state index in [4.69, 9.17) is 21.1 Å². The molecule has 2 aromatic rings. The Kier molecular flexibility index (Phi) is 9.05. The molecule has 2 aliphatic heterocycles. The van der Waals surface area contributed by atoms with Gasteiger partial charge in [0.25, 0.3) is 15.9 Å². The summed E-state index contributed by atoms with van der Waals surface area (Å²) in [5, 5.41) is 3.78. The molecule has 0 radical (unpaired) electrons. The number of nitrogens with one attached hydrogen (secondary N) is 2. The Balaban J connectivity index is 1.55. The van der Waals surface area contributed by atoms with Crippen molar-refractivity contribution in [1.82, 2.24) is 10.0 Å².